The van der Waals surface area contributed by atoms with Crippen molar-refractivity contribution < 1.29 is 30.3 Å². The fraction of sp³-hybridized carbons (Fsp3) is 1.00. The molecule has 0 aromatic carbocycles. The van der Waals surface area contributed by atoms with E-state index in [1.165, 1.54) is 0 Å². The van der Waals surface area contributed by atoms with Crippen LogP contribution < -0.4 is 0 Å². The molecule has 0 aromatic heterocycles. The number of rotatable bonds is 2. The van der Waals surface area contributed by atoms with Gasteiger partial charge in [0.25, 0.3) is 0 Å². The molecular weight excluding hydrogens is 212 g/mol. The molecular formula is C4H6F7P. The van der Waals surface area contributed by atoms with E-state index in [4.69, 9.17) is 0 Å². The van der Waals surface area contributed by atoms with Crippen molar-refractivity contribution in [1.82, 2.24) is 0 Å². The third kappa shape index (κ3) is 1.81. The van der Waals surface area contributed by atoms with Crippen LogP contribution >= 0.6 is 7.88 Å². The average molecular weight is 218 g/mol. The first-order valence-electron chi connectivity index (χ1n) is 2.88. The van der Waals surface area contributed by atoms with E-state index in [1.54, 1.807) is 0 Å². The Labute approximate surface area is 64.3 Å². The summed E-state index contributed by atoms with van der Waals surface area (Å²) in [4.78, 5) is 0. The number of alkyl halides is 5. The maximum atomic E-state index is 12.1. The van der Waals surface area contributed by atoms with E-state index in [1.807, 2.05) is 0 Å². The molecule has 0 amide bonds. The minimum atomic E-state index is -6.50. The first kappa shape index (κ1) is 11.9. The van der Waals surface area contributed by atoms with E-state index in [0.29, 0.717) is 6.92 Å². The Kier molecular flexibility index (Phi) is 3.00. The van der Waals surface area contributed by atoms with E-state index in [2.05, 4.69) is 0 Å². The third-order valence-electron chi connectivity index (χ3n) is 1.26. The van der Waals surface area contributed by atoms with Gasteiger partial charge in [0, 0.05) is 0 Å². The van der Waals surface area contributed by atoms with Gasteiger partial charge in [-0.15, -0.1) is 0 Å². The minimum absolute atomic E-state index is 0.617. The zero-order valence-electron chi connectivity index (χ0n) is 5.85. The van der Waals surface area contributed by atoms with Crippen molar-refractivity contribution in [3.63, 3.8) is 0 Å². The van der Waals surface area contributed by atoms with Crippen LogP contribution in [0.25, 0.3) is 0 Å². The van der Waals surface area contributed by atoms with Crippen LogP contribution in [0.3, 0.4) is 0 Å². The second kappa shape index (κ2) is 3.01. The van der Waals surface area contributed by atoms with Gasteiger partial charge >= 0.3 is 63.2 Å². The molecule has 0 N–H and O–H groups in total. The predicted octanol–water partition coefficient (Wildman–Crippen LogP) is 3.68. The second-order valence-corrected chi connectivity index (χ2v) is 4.87. The van der Waals surface area contributed by atoms with Gasteiger partial charge in [0.1, 0.15) is 0 Å². The summed E-state index contributed by atoms with van der Waals surface area (Å²) in [7, 11) is -6.50. The van der Waals surface area contributed by atoms with Gasteiger partial charge in [-0.1, -0.05) is 0 Å². The summed E-state index contributed by atoms with van der Waals surface area (Å²) in [5, 5.41) is 0. The normalized spacial score (nSPS) is 16.3. The molecule has 12 heavy (non-hydrogen) atoms. The molecule has 0 heterocycles. The maximum absolute atomic E-state index is 12.1. The Morgan fingerprint density at radius 1 is 1.00 bits per heavy atom. The van der Waals surface area contributed by atoms with Gasteiger partial charge in [-0.2, -0.15) is 0 Å². The molecule has 0 nitrogen and oxygen atoms in total. The Morgan fingerprint density at radius 3 is 1.42 bits per heavy atom. The van der Waals surface area contributed by atoms with Gasteiger partial charge in [0.2, 0.25) is 0 Å². The van der Waals surface area contributed by atoms with Crippen molar-refractivity contribution >= 4 is 7.88 Å². The summed E-state index contributed by atoms with van der Waals surface area (Å²) in [5.41, 5.74) is -5.81. The first-order chi connectivity index (χ1) is 5.06. The van der Waals surface area contributed by atoms with Crippen LogP contribution in [0.5, 0.6) is 0 Å². The van der Waals surface area contributed by atoms with Crippen LogP contribution in [-0.2, 0) is 0 Å². The Bertz CT molecular complexity index is 159. The summed E-state index contributed by atoms with van der Waals surface area (Å²) in [5.74, 6) is 0. The molecule has 0 aromatic rings. The number of halogens is 7. The molecule has 0 unspecified atom stereocenters. The molecule has 0 saturated heterocycles. The fourth-order valence-electron chi connectivity index (χ4n) is 0.429. The van der Waals surface area contributed by atoms with Gasteiger partial charge in [-0.3, -0.25) is 0 Å². The van der Waals surface area contributed by atoms with E-state index in [0.717, 1.165) is 0 Å². The van der Waals surface area contributed by atoms with E-state index < -0.39 is 25.9 Å². The monoisotopic (exact) mass is 218 g/mol. The van der Waals surface area contributed by atoms with Crippen molar-refractivity contribution in [3.05, 3.63) is 0 Å². The predicted molar refractivity (Wildman–Crippen MR) is 32.1 cm³/mol. The molecule has 0 radical (unpaired) electrons. The second-order valence-electron chi connectivity index (χ2n) is 2.13. The molecule has 0 aliphatic rings. The summed E-state index contributed by atoms with van der Waals surface area (Å²) >= 11 is 0. The summed E-state index contributed by atoms with van der Waals surface area (Å²) < 4.78 is 81.9. The van der Waals surface area contributed by atoms with E-state index in [-0.39, 0.29) is 0 Å². The van der Waals surface area contributed by atoms with Crippen LogP contribution in [-0.4, -0.2) is 18.0 Å². The summed E-state index contributed by atoms with van der Waals surface area (Å²) in [6, 6.07) is 0. The van der Waals surface area contributed by atoms with Crippen molar-refractivity contribution in [3.8, 4) is 0 Å². The molecule has 0 aliphatic heterocycles. The van der Waals surface area contributed by atoms with Crippen LogP contribution in [0, 0.1) is 0 Å². The number of hydrogen-bond acceptors (Lipinski definition) is 0. The molecule has 0 atom stereocenters. The van der Waals surface area contributed by atoms with Crippen LogP contribution in [0.1, 0.15) is 6.92 Å². The molecule has 76 valence electrons. The zero-order chi connectivity index (χ0) is 10.2. The molecule has 0 rings (SSSR count). The average Bonchev–Trinajstić information content (AvgIpc) is 1.85. The summed E-state index contributed by atoms with van der Waals surface area (Å²) in [6.07, 6.45) is -7.56. The molecule has 8 heteroatoms. The first-order valence-corrected chi connectivity index (χ1v) is 4.85. The van der Waals surface area contributed by atoms with Crippen molar-refractivity contribution in [2.24, 2.45) is 0 Å². The molecule has 0 aliphatic carbocycles. The van der Waals surface area contributed by atoms with Gasteiger partial charge in [-0.05, 0) is 0 Å². The Morgan fingerprint density at radius 2 is 1.33 bits per heavy atom. The summed E-state index contributed by atoms with van der Waals surface area (Å²) in [6.45, 7) is 0.617. The van der Waals surface area contributed by atoms with Crippen molar-refractivity contribution in [1.29, 1.82) is 0 Å². The fourth-order valence-corrected chi connectivity index (χ4v) is 1.29. The Balaban J connectivity index is 4.85. The van der Waals surface area contributed by atoms with Crippen LogP contribution in [0.4, 0.5) is 30.3 Å². The third-order valence-corrected chi connectivity index (χ3v) is 3.35. The topological polar surface area (TPSA) is 0 Å². The quantitative estimate of drug-likeness (QED) is 0.489. The molecule has 0 spiro atoms. The Hall–Kier alpha value is -0.0600. The van der Waals surface area contributed by atoms with Crippen molar-refractivity contribution in [2.45, 2.75) is 18.8 Å². The van der Waals surface area contributed by atoms with Gasteiger partial charge in [-0.25, -0.2) is 0 Å². The zero-order valence-corrected chi connectivity index (χ0v) is 6.85. The van der Waals surface area contributed by atoms with Gasteiger partial charge in [0.15, 0.2) is 0 Å². The van der Waals surface area contributed by atoms with Crippen LogP contribution in [0.15, 0.2) is 0 Å². The van der Waals surface area contributed by atoms with E-state index >= 15 is 0 Å². The number of hydrogen-bond donors (Lipinski definition) is 0. The molecule has 0 saturated carbocycles. The standard InChI is InChI=1S/C4H6F7P/c1-2-12(10,11)4(8,9)3(5,6)7/h12H,2H2,1H3. The van der Waals surface area contributed by atoms with Gasteiger partial charge in [0.05, 0.1) is 0 Å². The van der Waals surface area contributed by atoms with Crippen LogP contribution in [0.2, 0.25) is 0 Å². The SMILES string of the molecule is CC[PH](F)(F)C(F)(F)C(F)(F)F. The molecule has 0 fully saturated rings. The molecule has 0 bridgehead atoms. The van der Waals surface area contributed by atoms with Gasteiger partial charge < -0.3 is 0 Å². The van der Waals surface area contributed by atoms with Crippen molar-refractivity contribution in [2.75, 3.05) is 6.16 Å². The van der Waals surface area contributed by atoms with E-state index in [9.17, 15) is 30.3 Å².